The van der Waals surface area contributed by atoms with Crippen molar-refractivity contribution in [3.63, 3.8) is 0 Å². The maximum absolute atomic E-state index is 4.58. The van der Waals surface area contributed by atoms with E-state index < -0.39 is 0 Å². The van der Waals surface area contributed by atoms with Crippen LogP contribution in [-0.2, 0) is 5.41 Å². The number of benzene rings is 1. The Balaban J connectivity index is 2.37. The summed E-state index contributed by atoms with van der Waals surface area (Å²) >= 11 is 0. The number of pyridine rings is 1. The molecule has 3 rings (SSSR count). The van der Waals surface area contributed by atoms with Gasteiger partial charge >= 0.3 is 0 Å². The minimum Gasteiger partial charge on any atom is -0.256 e. The van der Waals surface area contributed by atoms with Crippen molar-refractivity contribution in [2.45, 2.75) is 32.1 Å². The van der Waals surface area contributed by atoms with Crippen molar-refractivity contribution in [1.82, 2.24) is 4.98 Å². The molecule has 2 aromatic rings. The van der Waals surface area contributed by atoms with Crippen LogP contribution in [0.5, 0.6) is 0 Å². The van der Waals surface area contributed by atoms with Gasteiger partial charge in [-0.3, -0.25) is 4.98 Å². The summed E-state index contributed by atoms with van der Waals surface area (Å²) in [4.78, 5) is 4.58. The SMILES string of the molecule is CC1c2cccnc2-c2ccccc2C1(C)C. The van der Waals surface area contributed by atoms with E-state index in [0.29, 0.717) is 5.92 Å². The molecule has 1 unspecified atom stereocenters. The van der Waals surface area contributed by atoms with Gasteiger partial charge in [-0.1, -0.05) is 51.1 Å². The lowest BCUT2D eigenvalue weighted by molar-refractivity contribution is 0.430. The van der Waals surface area contributed by atoms with Crippen LogP contribution in [0.25, 0.3) is 11.3 Å². The van der Waals surface area contributed by atoms with Crippen LogP contribution in [0.4, 0.5) is 0 Å². The van der Waals surface area contributed by atoms with Gasteiger partial charge < -0.3 is 0 Å². The lowest BCUT2D eigenvalue weighted by Gasteiger charge is -2.39. The maximum atomic E-state index is 4.58. The summed E-state index contributed by atoms with van der Waals surface area (Å²) in [6.45, 7) is 6.95. The molecule has 0 saturated carbocycles. The molecule has 0 bridgehead atoms. The zero-order chi connectivity index (χ0) is 12.0. The first-order chi connectivity index (χ1) is 8.12. The van der Waals surface area contributed by atoms with E-state index in [1.165, 1.54) is 16.7 Å². The zero-order valence-corrected chi connectivity index (χ0v) is 10.6. The second kappa shape index (κ2) is 3.43. The van der Waals surface area contributed by atoms with Crippen LogP contribution in [0.3, 0.4) is 0 Å². The molecule has 0 aliphatic heterocycles. The summed E-state index contributed by atoms with van der Waals surface area (Å²) in [7, 11) is 0. The molecule has 86 valence electrons. The lowest BCUT2D eigenvalue weighted by Crippen LogP contribution is -2.29. The quantitative estimate of drug-likeness (QED) is 0.654. The predicted octanol–water partition coefficient (Wildman–Crippen LogP) is 4.14. The van der Waals surface area contributed by atoms with Gasteiger partial charge in [0.25, 0.3) is 0 Å². The fourth-order valence-corrected chi connectivity index (χ4v) is 2.87. The highest BCUT2D eigenvalue weighted by Crippen LogP contribution is 2.48. The van der Waals surface area contributed by atoms with Crippen molar-refractivity contribution < 1.29 is 0 Å². The van der Waals surface area contributed by atoms with Crippen molar-refractivity contribution in [2.75, 3.05) is 0 Å². The standard InChI is InChI=1S/C16H17N/c1-11-12-8-6-10-17-15(12)13-7-4-5-9-14(13)16(11,2)3/h4-11H,1-3H3. The predicted molar refractivity (Wildman–Crippen MR) is 71.1 cm³/mol. The Labute approximate surface area is 103 Å². The Bertz CT molecular complexity index is 569. The summed E-state index contributed by atoms with van der Waals surface area (Å²) in [5.74, 6) is 0.501. The van der Waals surface area contributed by atoms with E-state index in [-0.39, 0.29) is 5.41 Å². The van der Waals surface area contributed by atoms with Gasteiger partial charge in [0.1, 0.15) is 0 Å². The zero-order valence-electron chi connectivity index (χ0n) is 10.6. The van der Waals surface area contributed by atoms with Crippen LogP contribution in [0.2, 0.25) is 0 Å². The molecular formula is C16H17N. The fourth-order valence-electron chi connectivity index (χ4n) is 2.87. The number of hydrogen-bond donors (Lipinski definition) is 0. The second-order valence-electron chi connectivity index (χ2n) is 5.43. The molecule has 1 aliphatic carbocycles. The number of aromatic nitrogens is 1. The molecule has 1 atom stereocenters. The molecule has 0 amide bonds. The third kappa shape index (κ3) is 1.35. The molecule has 1 aromatic heterocycles. The lowest BCUT2D eigenvalue weighted by atomic mass is 9.65. The molecular weight excluding hydrogens is 206 g/mol. The van der Waals surface area contributed by atoms with Crippen molar-refractivity contribution in [3.05, 3.63) is 53.7 Å². The van der Waals surface area contributed by atoms with Crippen LogP contribution in [0, 0.1) is 0 Å². The molecule has 0 spiro atoms. The average Bonchev–Trinajstić information content (AvgIpc) is 2.37. The first-order valence-electron chi connectivity index (χ1n) is 6.17. The molecule has 0 N–H and O–H groups in total. The van der Waals surface area contributed by atoms with Gasteiger partial charge in [0.2, 0.25) is 0 Å². The molecule has 0 radical (unpaired) electrons. The van der Waals surface area contributed by atoms with Crippen molar-refractivity contribution in [1.29, 1.82) is 0 Å². The van der Waals surface area contributed by atoms with Crippen LogP contribution >= 0.6 is 0 Å². The second-order valence-corrected chi connectivity index (χ2v) is 5.43. The summed E-state index contributed by atoms with van der Waals surface area (Å²) in [5.41, 5.74) is 5.42. The highest BCUT2D eigenvalue weighted by Gasteiger charge is 2.37. The molecule has 0 saturated heterocycles. The third-order valence-electron chi connectivity index (χ3n) is 4.26. The molecule has 1 heterocycles. The summed E-state index contributed by atoms with van der Waals surface area (Å²) in [6.07, 6.45) is 1.89. The molecule has 17 heavy (non-hydrogen) atoms. The summed E-state index contributed by atoms with van der Waals surface area (Å²) in [6, 6.07) is 12.9. The number of hydrogen-bond acceptors (Lipinski definition) is 1. The van der Waals surface area contributed by atoms with E-state index >= 15 is 0 Å². The van der Waals surface area contributed by atoms with Crippen LogP contribution in [0.1, 0.15) is 37.8 Å². The molecule has 0 fully saturated rings. The highest BCUT2D eigenvalue weighted by molar-refractivity contribution is 5.72. The van der Waals surface area contributed by atoms with E-state index in [4.69, 9.17) is 0 Å². The fraction of sp³-hybridized carbons (Fsp3) is 0.312. The van der Waals surface area contributed by atoms with E-state index in [2.05, 4.69) is 56.1 Å². The topological polar surface area (TPSA) is 12.9 Å². The molecule has 1 heteroatoms. The average molecular weight is 223 g/mol. The Morgan fingerprint density at radius 1 is 1.06 bits per heavy atom. The van der Waals surface area contributed by atoms with E-state index in [9.17, 15) is 0 Å². The van der Waals surface area contributed by atoms with Gasteiger partial charge in [0, 0.05) is 11.8 Å². The van der Waals surface area contributed by atoms with E-state index in [1.807, 2.05) is 12.3 Å². The first-order valence-corrected chi connectivity index (χ1v) is 6.17. The van der Waals surface area contributed by atoms with Crippen molar-refractivity contribution >= 4 is 0 Å². The van der Waals surface area contributed by atoms with Crippen LogP contribution < -0.4 is 0 Å². The third-order valence-corrected chi connectivity index (χ3v) is 4.26. The molecule has 1 nitrogen and oxygen atoms in total. The Morgan fingerprint density at radius 3 is 2.65 bits per heavy atom. The number of rotatable bonds is 0. The van der Waals surface area contributed by atoms with Crippen molar-refractivity contribution in [2.24, 2.45) is 0 Å². The number of nitrogens with zero attached hydrogens (tertiary/aromatic N) is 1. The minimum absolute atomic E-state index is 0.173. The van der Waals surface area contributed by atoms with Gasteiger partial charge in [-0.25, -0.2) is 0 Å². The van der Waals surface area contributed by atoms with Crippen LogP contribution in [0.15, 0.2) is 42.6 Å². The van der Waals surface area contributed by atoms with Crippen molar-refractivity contribution in [3.8, 4) is 11.3 Å². The normalized spacial score (nSPS) is 20.5. The summed E-state index contributed by atoms with van der Waals surface area (Å²) in [5, 5.41) is 0. The van der Waals surface area contributed by atoms with Gasteiger partial charge in [0.05, 0.1) is 5.69 Å². The first kappa shape index (κ1) is 10.5. The Kier molecular flexibility index (Phi) is 2.12. The smallest absolute Gasteiger partial charge is 0.0739 e. The van der Waals surface area contributed by atoms with Gasteiger partial charge in [-0.05, 0) is 28.5 Å². The van der Waals surface area contributed by atoms with Gasteiger partial charge in [0.15, 0.2) is 0 Å². The Hall–Kier alpha value is -1.63. The highest BCUT2D eigenvalue weighted by atomic mass is 14.7. The van der Waals surface area contributed by atoms with Gasteiger partial charge in [-0.15, -0.1) is 0 Å². The molecule has 1 aliphatic rings. The maximum Gasteiger partial charge on any atom is 0.0739 e. The van der Waals surface area contributed by atoms with Gasteiger partial charge in [-0.2, -0.15) is 0 Å². The van der Waals surface area contributed by atoms with E-state index in [0.717, 1.165) is 5.69 Å². The largest absolute Gasteiger partial charge is 0.256 e. The summed E-state index contributed by atoms with van der Waals surface area (Å²) < 4.78 is 0. The van der Waals surface area contributed by atoms with Crippen LogP contribution in [-0.4, -0.2) is 4.98 Å². The Morgan fingerprint density at radius 2 is 1.82 bits per heavy atom. The van der Waals surface area contributed by atoms with E-state index in [1.54, 1.807) is 0 Å². The number of fused-ring (bicyclic) bond motifs is 3. The monoisotopic (exact) mass is 223 g/mol. The minimum atomic E-state index is 0.173. The molecule has 1 aromatic carbocycles.